The first-order chi connectivity index (χ1) is 10.4. The fourth-order valence-corrected chi connectivity index (χ4v) is 2.99. The lowest BCUT2D eigenvalue weighted by atomic mass is 10.0. The molecule has 0 unspecified atom stereocenters. The van der Waals surface area contributed by atoms with Gasteiger partial charge in [-0.3, -0.25) is 0 Å². The van der Waals surface area contributed by atoms with Gasteiger partial charge in [-0.15, -0.1) is 0 Å². The minimum Gasteiger partial charge on any atom is -0.344 e. The van der Waals surface area contributed by atoms with E-state index in [1.807, 2.05) is 31.2 Å². The molecule has 0 aliphatic carbocycles. The summed E-state index contributed by atoms with van der Waals surface area (Å²) in [5, 5.41) is 0. The second kappa shape index (κ2) is 8.87. The molecule has 22 heavy (non-hydrogen) atoms. The van der Waals surface area contributed by atoms with Crippen molar-refractivity contribution in [3.8, 4) is 0 Å². The van der Waals surface area contributed by atoms with Crippen molar-refractivity contribution in [3.63, 3.8) is 0 Å². The summed E-state index contributed by atoms with van der Waals surface area (Å²) >= 11 is 0. The molecule has 1 rings (SSSR count). The van der Waals surface area contributed by atoms with E-state index in [0.29, 0.717) is 13.0 Å². The van der Waals surface area contributed by atoms with Crippen molar-refractivity contribution in [2.75, 3.05) is 5.75 Å². The van der Waals surface area contributed by atoms with Crippen LogP contribution in [0.4, 0.5) is 0 Å². The van der Waals surface area contributed by atoms with Crippen LogP contribution in [0.1, 0.15) is 37.3 Å². The number of carbonyl (C=O) groups excluding carboxylic acids is 1. The lowest BCUT2D eigenvalue weighted by Crippen LogP contribution is -2.36. The van der Waals surface area contributed by atoms with Gasteiger partial charge in [-0.05, 0) is 24.0 Å². The molecule has 0 radical (unpaired) electrons. The molecule has 0 saturated carbocycles. The third-order valence-electron chi connectivity index (χ3n) is 3.19. The maximum absolute atomic E-state index is 11.8. The molecule has 1 aromatic rings. The molecule has 0 saturated heterocycles. The van der Waals surface area contributed by atoms with Crippen molar-refractivity contribution in [1.29, 1.82) is 0 Å². The van der Waals surface area contributed by atoms with Crippen LogP contribution in [0.2, 0.25) is 0 Å². The van der Waals surface area contributed by atoms with Gasteiger partial charge in [0, 0.05) is 6.54 Å². The number of rotatable bonds is 9. The van der Waals surface area contributed by atoms with E-state index in [-0.39, 0.29) is 12.2 Å². The van der Waals surface area contributed by atoms with Crippen LogP contribution in [-0.4, -0.2) is 26.2 Å². The molecular weight excluding hydrogens is 304 g/mol. The van der Waals surface area contributed by atoms with E-state index in [9.17, 15) is 13.2 Å². The molecule has 0 spiro atoms. The minimum atomic E-state index is -3.85. The first kappa shape index (κ1) is 18.6. The molecule has 6 nitrogen and oxygen atoms in total. The van der Waals surface area contributed by atoms with Crippen molar-refractivity contribution in [1.82, 2.24) is 0 Å². The average Bonchev–Trinajstić information content (AvgIpc) is 2.47. The second-order valence-corrected chi connectivity index (χ2v) is 6.90. The van der Waals surface area contributed by atoms with E-state index in [1.54, 1.807) is 0 Å². The SMILES string of the molecule is CCCCCS(=O)(=O)OC(=O)[C@@H](N)Cc1cccc(CN)c1. The third-order valence-corrected chi connectivity index (χ3v) is 4.40. The molecule has 0 fully saturated rings. The van der Waals surface area contributed by atoms with Crippen LogP contribution < -0.4 is 11.5 Å². The molecule has 7 heteroatoms. The van der Waals surface area contributed by atoms with Crippen molar-refractivity contribution >= 4 is 16.1 Å². The summed E-state index contributed by atoms with van der Waals surface area (Å²) in [6.07, 6.45) is 2.34. The Kier molecular flexibility index (Phi) is 7.50. The molecule has 0 bridgehead atoms. The number of hydrogen-bond donors (Lipinski definition) is 2. The van der Waals surface area contributed by atoms with E-state index in [1.165, 1.54) is 0 Å². The fraction of sp³-hybridized carbons (Fsp3) is 0.533. The monoisotopic (exact) mass is 328 g/mol. The van der Waals surface area contributed by atoms with Gasteiger partial charge in [-0.25, -0.2) is 4.79 Å². The fourth-order valence-electron chi connectivity index (χ4n) is 1.98. The molecule has 1 atom stereocenters. The number of benzene rings is 1. The van der Waals surface area contributed by atoms with E-state index in [0.717, 1.165) is 24.0 Å². The molecule has 0 aliphatic rings. The first-order valence-electron chi connectivity index (χ1n) is 7.37. The highest BCUT2D eigenvalue weighted by molar-refractivity contribution is 7.87. The van der Waals surface area contributed by atoms with Crippen LogP contribution in [-0.2, 0) is 32.1 Å². The lowest BCUT2D eigenvalue weighted by Gasteiger charge is -2.12. The smallest absolute Gasteiger partial charge is 0.339 e. The molecule has 0 aromatic heterocycles. The van der Waals surface area contributed by atoms with Crippen LogP contribution in [0.3, 0.4) is 0 Å². The van der Waals surface area contributed by atoms with Crippen LogP contribution in [0.5, 0.6) is 0 Å². The maximum Gasteiger partial charge on any atom is 0.339 e. The Morgan fingerprint density at radius 1 is 1.27 bits per heavy atom. The molecule has 4 N–H and O–H groups in total. The number of unbranched alkanes of at least 4 members (excludes halogenated alkanes) is 2. The summed E-state index contributed by atoms with van der Waals surface area (Å²) in [7, 11) is -3.85. The summed E-state index contributed by atoms with van der Waals surface area (Å²) < 4.78 is 27.9. The molecular formula is C15H24N2O4S. The topological polar surface area (TPSA) is 112 Å². The maximum atomic E-state index is 11.8. The zero-order valence-corrected chi connectivity index (χ0v) is 13.6. The second-order valence-electron chi connectivity index (χ2n) is 5.21. The summed E-state index contributed by atoms with van der Waals surface area (Å²) in [6.45, 7) is 2.35. The Bertz CT molecular complexity index is 587. The first-order valence-corrected chi connectivity index (χ1v) is 8.95. The highest BCUT2D eigenvalue weighted by Crippen LogP contribution is 2.09. The van der Waals surface area contributed by atoms with Gasteiger partial charge in [-0.2, -0.15) is 8.42 Å². The Hall–Kier alpha value is -1.44. The van der Waals surface area contributed by atoms with Gasteiger partial charge >= 0.3 is 16.1 Å². The molecule has 0 amide bonds. The zero-order valence-electron chi connectivity index (χ0n) is 12.8. The average molecular weight is 328 g/mol. The predicted octanol–water partition coefficient (Wildman–Crippen LogP) is 1.08. The van der Waals surface area contributed by atoms with Crippen molar-refractivity contribution in [3.05, 3.63) is 35.4 Å². The van der Waals surface area contributed by atoms with Crippen LogP contribution in [0.25, 0.3) is 0 Å². The quantitative estimate of drug-likeness (QED) is 0.518. The summed E-state index contributed by atoms with van der Waals surface area (Å²) in [6, 6.07) is 6.31. The third kappa shape index (κ3) is 6.55. The molecule has 0 heterocycles. The van der Waals surface area contributed by atoms with Crippen LogP contribution >= 0.6 is 0 Å². The highest BCUT2D eigenvalue weighted by Gasteiger charge is 2.22. The van der Waals surface area contributed by atoms with E-state index in [4.69, 9.17) is 11.5 Å². The van der Waals surface area contributed by atoms with E-state index < -0.39 is 22.1 Å². The number of carbonyl (C=O) groups is 1. The number of nitrogens with two attached hydrogens (primary N) is 2. The van der Waals surface area contributed by atoms with Crippen molar-refractivity contribution < 1.29 is 17.4 Å². The standard InChI is InChI=1S/C15H24N2O4S/c1-2-3-4-8-22(19,20)21-15(18)14(17)10-12-6-5-7-13(9-12)11-16/h5-7,9,14H,2-4,8,10-11,16-17H2,1H3/t14-/m0/s1. The Labute approximate surface area is 132 Å². The minimum absolute atomic E-state index is 0.165. The van der Waals surface area contributed by atoms with Gasteiger partial charge in [-0.1, -0.05) is 44.0 Å². The lowest BCUT2D eigenvalue weighted by molar-refractivity contribution is -0.135. The molecule has 124 valence electrons. The van der Waals surface area contributed by atoms with E-state index in [2.05, 4.69) is 4.18 Å². The molecule has 0 aliphatic heterocycles. The zero-order chi connectivity index (χ0) is 16.6. The van der Waals surface area contributed by atoms with Gasteiger partial charge in [0.25, 0.3) is 0 Å². The summed E-state index contributed by atoms with van der Waals surface area (Å²) in [5.41, 5.74) is 13.0. The normalized spacial score (nSPS) is 12.9. The number of hydrogen-bond acceptors (Lipinski definition) is 6. The van der Waals surface area contributed by atoms with Gasteiger partial charge in [0.2, 0.25) is 0 Å². The predicted molar refractivity (Wildman–Crippen MR) is 85.4 cm³/mol. The summed E-state index contributed by atoms with van der Waals surface area (Å²) in [5.74, 6) is -1.09. The van der Waals surface area contributed by atoms with Gasteiger partial charge in [0.1, 0.15) is 6.04 Å². The molecule has 1 aromatic carbocycles. The Balaban J connectivity index is 2.57. The Morgan fingerprint density at radius 3 is 2.59 bits per heavy atom. The van der Waals surface area contributed by atoms with Crippen molar-refractivity contribution in [2.24, 2.45) is 11.5 Å². The summed E-state index contributed by atoms with van der Waals surface area (Å²) in [4.78, 5) is 11.8. The van der Waals surface area contributed by atoms with Gasteiger partial charge in [0.05, 0.1) is 5.75 Å². The van der Waals surface area contributed by atoms with E-state index >= 15 is 0 Å². The van der Waals surface area contributed by atoms with Gasteiger partial charge < -0.3 is 15.7 Å². The van der Waals surface area contributed by atoms with Crippen LogP contribution in [0.15, 0.2) is 24.3 Å². The Morgan fingerprint density at radius 2 is 1.95 bits per heavy atom. The largest absolute Gasteiger partial charge is 0.344 e. The van der Waals surface area contributed by atoms with Gasteiger partial charge in [0.15, 0.2) is 0 Å². The van der Waals surface area contributed by atoms with Crippen molar-refractivity contribution in [2.45, 2.75) is 45.2 Å². The highest BCUT2D eigenvalue weighted by atomic mass is 32.2. The van der Waals surface area contributed by atoms with Crippen LogP contribution in [0, 0.1) is 0 Å².